The summed E-state index contributed by atoms with van der Waals surface area (Å²) < 4.78 is 69.9. The second-order valence-corrected chi connectivity index (χ2v) is 21.6. The molecular weight excluding hydrogens is 863 g/mol. The monoisotopic (exact) mass is 913 g/mol. The molecule has 8 heterocycles. The number of aromatic carboxylic acids is 1. The standard InChI is InChI=1S/C20H25N5O5S.C15H21N3O6S.C4H5N3/c1-12-9-29-10-14-11-30-16-17(20(2,3)31(4,27)28)23-18(24-19(16)25(12)14)15(26)7-13-5-6-21-22-8-13;1-8-5-23-6-9-7-24-10-11(15(2,3)25(4,21)22)16-12(14(19)20)17-13(10)18(8)9;5-4-1-2-6-7-3-4/h5-6,8,12,14H,7,9-11H2,1-4H3;8-9H,5-7H2,1-4H3,(H,19,20);1-3H,(H2,5,6)/t12-,14+;8-,9+;/m11./s1. The van der Waals surface area contributed by atoms with Crippen LogP contribution in [0.25, 0.3) is 0 Å². The summed E-state index contributed by atoms with van der Waals surface area (Å²) in [6.07, 6.45) is 8.31. The topological polar surface area (TPSA) is 295 Å². The zero-order valence-corrected chi connectivity index (χ0v) is 37.8. The maximum absolute atomic E-state index is 13.1. The van der Waals surface area contributed by atoms with E-state index in [1.807, 2.05) is 18.7 Å². The molecule has 0 aliphatic carbocycles. The molecule has 0 radical (unpaired) electrons. The average Bonchev–Trinajstić information content (AvgIpc) is 3.23. The van der Waals surface area contributed by atoms with E-state index in [0.29, 0.717) is 68.3 Å². The molecule has 0 aromatic carbocycles. The second kappa shape index (κ2) is 18.2. The number of carboxylic acids is 1. The Kier molecular flexibility index (Phi) is 13.5. The Balaban J connectivity index is 0.000000184. The number of morpholine rings is 2. The minimum absolute atomic E-state index is 0.0159. The van der Waals surface area contributed by atoms with Gasteiger partial charge in [-0.3, -0.25) is 4.79 Å². The van der Waals surface area contributed by atoms with Crippen LogP contribution < -0.4 is 25.0 Å². The number of fused-ring (bicyclic) bond motifs is 6. The third-order valence-corrected chi connectivity index (χ3v) is 15.2. The van der Waals surface area contributed by atoms with Gasteiger partial charge in [-0.15, -0.1) is 0 Å². The Morgan fingerprint density at radius 2 is 1.16 bits per heavy atom. The van der Waals surface area contributed by atoms with Gasteiger partial charge in [-0.05, 0) is 59.2 Å². The lowest BCUT2D eigenvalue weighted by molar-refractivity contribution is 0.0479. The van der Waals surface area contributed by atoms with E-state index in [4.69, 9.17) is 24.7 Å². The van der Waals surface area contributed by atoms with Crippen molar-refractivity contribution in [3.05, 3.63) is 65.5 Å². The van der Waals surface area contributed by atoms with Crippen molar-refractivity contribution in [2.24, 2.45) is 0 Å². The number of rotatable bonds is 8. The summed E-state index contributed by atoms with van der Waals surface area (Å²) in [5.41, 5.74) is 6.82. The largest absolute Gasteiger partial charge is 0.486 e. The van der Waals surface area contributed by atoms with Crippen LogP contribution in [0.3, 0.4) is 0 Å². The molecule has 24 heteroatoms. The van der Waals surface area contributed by atoms with Crippen molar-refractivity contribution in [2.45, 2.75) is 81.6 Å². The summed E-state index contributed by atoms with van der Waals surface area (Å²) in [7, 11) is -7.16. The van der Waals surface area contributed by atoms with E-state index in [9.17, 15) is 31.5 Å². The third-order valence-electron chi connectivity index (χ3n) is 11.2. The van der Waals surface area contributed by atoms with E-state index in [-0.39, 0.29) is 59.3 Å². The summed E-state index contributed by atoms with van der Waals surface area (Å²) in [6, 6.07) is 3.13. The molecule has 4 aliphatic heterocycles. The smallest absolute Gasteiger partial charge is 0.374 e. The van der Waals surface area contributed by atoms with Gasteiger partial charge in [-0.1, -0.05) is 0 Å². The molecule has 0 bridgehead atoms. The van der Waals surface area contributed by atoms with Gasteiger partial charge < -0.3 is 39.6 Å². The molecule has 22 nitrogen and oxygen atoms in total. The molecule has 0 saturated carbocycles. The molecular formula is C39H51N11O11S2. The summed E-state index contributed by atoms with van der Waals surface area (Å²) in [6.45, 7) is 12.5. The fraction of sp³-hybridized carbons (Fsp3) is 0.538. The minimum atomic E-state index is -3.58. The summed E-state index contributed by atoms with van der Waals surface area (Å²) >= 11 is 0. The average molecular weight is 914 g/mol. The van der Waals surface area contributed by atoms with Gasteiger partial charge in [0, 0.05) is 25.1 Å². The number of carbonyl (C=O) groups excluding carboxylic acids is 1. The number of anilines is 3. The number of hydrogen-bond acceptors (Lipinski definition) is 21. The lowest BCUT2D eigenvalue weighted by atomic mass is 10.0. The number of Topliss-reactive ketones (excluding diaryl/α,β-unsaturated/α-hetero) is 1. The van der Waals surface area contributed by atoms with Crippen molar-refractivity contribution in [1.82, 2.24) is 40.3 Å². The molecule has 2 saturated heterocycles. The molecule has 0 unspecified atom stereocenters. The number of carboxylic acid groups (broad SMARTS) is 1. The fourth-order valence-electron chi connectivity index (χ4n) is 7.04. The Hall–Kier alpha value is -5.72. The molecule has 2 fully saturated rings. The first kappa shape index (κ1) is 46.8. The normalized spacial score (nSPS) is 20.6. The van der Waals surface area contributed by atoms with Crippen molar-refractivity contribution in [3.8, 4) is 11.5 Å². The van der Waals surface area contributed by atoms with Crippen LogP contribution in [-0.4, -0.2) is 150 Å². The molecule has 63 heavy (non-hydrogen) atoms. The Morgan fingerprint density at radius 1 is 0.698 bits per heavy atom. The van der Waals surface area contributed by atoms with Crippen LogP contribution in [0, 0.1) is 0 Å². The molecule has 8 rings (SSSR count). The van der Waals surface area contributed by atoms with Gasteiger partial charge in [-0.25, -0.2) is 41.6 Å². The van der Waals surface area contributed by atoms with Crippen molar-refractivity contribution in [2.75, 3.05) is 67.7 Å². The first-order chi connectivity index (χ1) is 29.5. The molecule has 4 atom stereocenters. The number of nitrogens with two attached hydrogens (primary N) is 1. The van der Waals surface area contributed by atoms with Crippen LogP contribution in [0.1, 0.15) is 79.7 Å². The van der Waals surface area contributed by atoms with E-state index in [1.54, 1.807) is 32.2 Å². The first-order valence-electron chi connectivity index (χ1n) is 19.8. The summed E-state index contributed by atoms with van der Waals surface area (Å²) in [5.74, 6) is -0.886. The van der Waals surface area contributed by atoms with Crippen molar-refractivity contribution >= 4 is 48.8 Å². The van der Waals surface area contributed by atoms with E-state index < -0.39 is 41.0 Å². The van der Waals surface area contributed by atoms with Gasteiger partial charge in [0.25, 0.3) is 0 Å². The Labute approximate surface area is 364 Å². The molecule has 4 aromatic rings. The number of ether oxygens (including phenoxy) is 4. The van der Waals surface area contributed by atoms with Crippen LogP contribution in [0.4, 0.5) is 17.3 Å². The number of nitrogen functional groups attached to an aromatic ring is 1. The Bertz CT molecular complexity index is 2550. The SMILES string of the molecule is C[C@@H]1COC[C@H]2COc3c(nc(C(=O)Cc4ccnnc4)nc3C(C)(C)S(C)(=O)=O)N21.C[C@@H]1COC[C@H]2COc3c(nc(C(=O)O)nc3C(C)(C)S(C)(=O)=O)N21.Nc1ccnnc1. The Morgan fingerprint density at radius 3 is 1.56 bits per heavy atom. The minimum Gasteiger partial charge on any atom is -0.486 e. The van der Waals surface area contributed by atoms with Crippen molar-refractivity contribution < 1.29 is 50.5 Å². The number of hydrogen-bond donors (Lipinski definition) is 2. The molecule has 4 aliphatic rings. The predicted molar refractivity (Wildman–Crippen MR) is 227 cm³/mol. The molecule has 340 valence electrons. The quantitative estimate of drug-likeness (QED) is 0.236. The van der Waals surface area contributed by atoms with Crippen LogP contribution >= 0.6 is 0 Å². The molecule has 3 N–H and O–H groups in total. The lowest BCUT2D eigenvalue weighted by Gasteiger charge is -2.45. The zero-order valence-electron chi connectivity index (χ0n) is 36.1. The first-order valence-corrected chi connectivity index (χ1v) is 23.6. The van der Waals surface area contributed by atoms with E-state index >= 15 is 0 Å². The number of nitrogens with zero attached hydrogens (tertiary/aromatic N) is 10. The highest BCUT2D eigenvalue weighted by Gasteiger charge is 2.46. The highest BCUT2D eigenvalue weighted by atomic mass is 32.2. The van der Waals surface area contributed by atoms with E-state index in [2.05, 4.69) is 45.2 Å². The van der Waals surface area contributed by atoms with Crippen LogP contribution in [0.2, 0.25) is 0 Å². The van der Waals surface area contributed by atoms with Gasteiger partial charge in [0.2, 0.25) is 11.6 Å². The predicted octanol–water partition coefficient (Wildman–Crippen LogP) is 1.46. The highest BCUT2D eigenvalue weighted by Crippen LogP contribution is 2.45. The summed E-state index contributed by atoms with van der Waals surface area (Å²) in [5, 5.41) is 23.9. The van der Waals surface area contributed by atoms with E-state index in [1.165, 1.54) is 32.4 Å². The van der Waals surface area contributed by atoms with Crippen LogP contribution in [-0.2, 0) is 45.1 Å². The van der Waals surface area contributed by atoms with E-state index in [0.717, 1.165) is 12.5 Å². The number of carbonyl (C=O) groups is 2. The molecule has 0 spiro atoms. The van der Waals surface area contributed by atoms with Gasteiger partial charge in [0.1, 0.15) is 34.1 Å². The summed E-state index contributed by atoms with van der Waals surface area (Å²) in [4.78, 5) is 45.7. The lowest BCUT2D eigenvalue weighted by Crippen LogP contribution is -2.56. The highest BCUT2D eigenvalue weighted by molar-refractivity contribution is 7.91. The maximum Gasteiger partial charge on any atom is 0.374 e. The zero-order chi connectivity index (χ0) is 46.1. The van der Waals surface area contributed by atoms with Crippen LogP contribution in [0.15, 0.2) is 36.9 Å². The molecule has 4 aromatic heterocycles. The van der Waals surface area contributed by atoms with Gasteiger partial charge in [0.05, 0.1) is 74.9 Å². The molecule has 0 amide bonds. The number of sulfone groups is 2. The maximum atomic E-state index is 13.1. The van der Waals surface area contributed by atoms with Crippen LogP contribution in [0.5, 0.6) is 11.5 Å². The van der Waals surface area contributed by atoms with Crippen molar-refractivity contribution in [3.63, 3.8) is 0 Å². The van der Waals surface area contributed by atoms with Gasteiger partial charge in [0.15, 0.2) is 48.6 Å². The second-order valence-electron chi connectivity index (χ2n) is 16.5. The van der Waals surface area contributed by atoms with Gasteiger partial charge in [-0.2, -0.15) is 20.4 Å². The van der Waals surface area contributed by atoms with Gasteiger partial charge >= 0.3 is 5.97 Å². The number of aromatic nitrogens is 8. The van der Waals surface area contributed by atoms with Crippen molar-refractivity contribution in [1.29, 1.82) is 0 Å². The third kappa shape index (κ3) is 9.77. The fourth-order valence-corrected chi connectivity index (χ4v) is 8.02. The number of ketones is 1.